The zero-order valence-electron chi connectivity index (χ0n) is 14.3. The van der Waals surface area contributed by atoms with Crippen LogP contribution in [0.3, 0.4) is 0 Å². The Morgan fingerprint density at radius 1 is 0.893 bits per heavy atom. The monoisotopic (exact) mass is 382 g/mol. The predicted octanol–water partition coefficient (Wildman–Crippen LogP) is 1.11. The molecule has 2 heterocycles. The molecule has 1 aromatic carbocycles. The molecule has 6 N–H and O–H groups in total. The normalized spacial score (nSPS) is 10.0. The number of rotatable bonds is 6. The summed E-state index contributed by atoms with van der Waals surface area (Å²) >= 11 is 0. The molecule has 11 heteroatoms. The number of anilines is 3. The second-order valence-corrected chi connectivity index (χ2v) is 5.36. The van der Waals surface area contributed by atoms with E-state index in [1.807, 2.05) is 0 Å². The first-order valence-electron chi connectivity index (χ1n) is 7.94. The fraction of sp³-hybridized carbons (Fsp3) is 0. The number of nitrogens with zero attached hydrogens (tertiary/aromatic N) is 3. The molecule has 0 aliphatic carbocycles. The second-order valence-electron chi connectivity index (χ2n) is 5.36. The minimum Gasteiger partial charge on any atom is -0.393 e. The van der Waals surface area contributed by atoms with Gasteiger partial charge in [0.25, 0.3) is 11.8 Å². The van der Waals surface area contributed by atoms with E-state index in [4.69, 9.17) is 5.73 Å². The van der Waals surface area contributed by atoms with E-state index in [-0.39, 0.29) is 22.9 Å². The maximum atomic E-state index is 13.6. The number of nitrogens with one attached hydrogen (secondary N) is 4. The van der Waals surface area contributed by atoms with Crippen LogP contribution in [0.2, 0.25) is 0 Å². The largest absolute Gasteiger partial charge is 0.393 e. The van der Waals surface area contributed by atoms with Gasteiger partial charge >= 0.3 is 0 Å². The molecule has 0 spiro atoms. The van der Waals surface area contributed by atoms with Crippen molar-refractivity contribution in [1.29, 1.82) is 0 Å². The van der Waals surface area contributed by atoms with E-state index in [0.29, 0.717) is 5.56 Å². The van der Waals surface area contributed by atoms with Crippen molar-refractivity contribution in [2.45, 2.75) is 0 Å². The smallest absolute Gasteiger partial charge is 0.272 e. The summed E-state index contributed by atoms with van der Waals surface area (Å²) in [5.41, 5.74) is 16.0. The second kappa shape index (κ2) is 8.40. The summed E-state index contributed by atoms with van der Waals surface area (Å²) in [5.74, 6) is -1.65. The highest BCUT2D eigenvalue weighted by Crippen LogP contribution is 2.21. The van der Waals surface area contributed by atoms with Gasteiger partial charge in [0.15, 0.2) is 11.6 Å². The fourth-order valence-electron chi connectivity index (χ4n) is 2.11. The summed E-state index contributed by atoms with van der Waals surface area (Å²) < 4.78 is 13.6. The zero-order chi connectivity index (χ0) is 19.9. The van der Waals surface area contributed by atoms with Crippen molar-refractivity contribution in [2.24, 2.45) is 0 Å². The molecule has 2 amide bonds. The molecule has 3 aromatic rings. The third-order valence-corrected chi connectivity index (χ3v) is 3.53. The van der Waals surface area contributed by atoms with Crippen molar-refractivity contribution in [2.75, 3.05) is 16.6 Å². The number of carbonyl (C=O) groups is 2. The molecule has 0 fully saturated rings. The lowest BCUT2D eigenvalue weighted by atomic mass is 10.2. The van der Waals surface area contributed by atoms with Crippen LogP contribution in [0.4, 0.5) is 21.7 Å². The lowest BCUT2D eigenvalue weighted by Gasteiger charge is -2.13. The van der Waals surface area contributed by atoms with Gasteiger partial charge in [-0.1, -0.05) is 12.1 Å². The molecule has 10 nitrogen and oxygen atoms in total. The molecule has 0 saturated heterocycles. The Morgan fingerprint density at radius 2 is 1.50 bits per heavy atom. The molecular weight excluding hydrogens is 367 g/mol. The molecule has 2 aromatic heterocycles. The average molecular weight is 382 g/mol. The van der Waals surface area contributed by atoms with Crippen molar-refractivity contribution >= 4 is 29.1 Å². The molecule has 0 aliphatic rings. The van der Waals surface area contributed by atoms with Crippen LogP contribution < -0.4 is 27.4 Å². The number of nitrogens with two attached hydrogens (primary N) is 1. The Labute approximate surface area is 158 Å². The van der Waals surface area contributed by atoms with Crippen molar-refractivity contribution in [1.82, 2.24) is 25.8 Å². The molecule has 0 unspecified atom stereocenters. The number of amides is 2. The van der Waals surface area contributed by atoms with E-state index in [1.54, 1.807) is 0 Å². The van der Waals surface area contributed by atoms with E-state index in [9.17, 15) is 14.0 Å². The van der Waals surface area contributed by atoms with Crippen molar-refractivity contribution in [3.8, 4) is 0 Å². The molecule has 142 valence electrons. The van der Waals surface area contributed by atoms with E-state index < -0.39 is 17.6 Å². The summed E-state index contributed by atoms with van der Waals surface area (Å²) in [5, 5.41) is 0. The standard InChI is InChI=1S/C17H15FN8O2/c18-12-4-2-1-3-11(12)17(28)26-24-15-13(19)14(21-9-22-15)23-25-16(27)10-5-7-20-8-6-10/h1-9H,19H2,(H,25,27)(H,26,28)(H2,21,22,23,24). The van der Waals surface area contributed by atoms with E-state index in [2.05, 4.69) is 36.7 Å². The van der Waals surface area contributed by atoms with Crippen molar-refractivity contribution in [3.05, 3.63) is 72.1 Å². The molecule has 0 saturated carbocycles. The van der Waals surface area contributed by atoms with Gasteiger partial charge < -0.3 is 5.73 Å². The first-order valence-corrected chi connectivity index (χ1v) is 7.94. The molecule has 0 radical (unpaired) electrons. The number of benzene rings is 1. The molecule has 28 heavy (non-hydrogen) atoms. The van der Waals surface area contributed by atoms with Gasteiger partial charge in [-0.15, -0.1) is 0 Å². The minimum atomic E-state index is -0.711. The van der Waals surface area contributed by atoms with Gasteiger partial charge in [-0.05, 0) is 24.3 Å². The molecule has 0 atom stereocenters. The summed E-state index contributed by atoms with van der Waals surface area (Å²) in [6.45, 7) is 0. The Balaban J connectivity index is 1.63. The predicted molar refractivity (Wildman–Crippen MR) is 99.3 cm³/mol. The number of hydrogen-bond acceptors (Lipinski definition) is 8. The first kappa shape index (κ1) is 18.5. The Morgan fingerprint density at radius 3 is 2.14 bits per heavy atom. The maximum Gasteiger partial charge on any atom is 0.272 e. The summed E-state index contributed by atoms with van der Waals surface area (Å²) in [4.78, 5) is 35.7. The summed E-state index contributed by atoms with van der Waals surface area (Å²) in [6.07, 6.45) is 4.12. The number of aromatic nitrogens is 3. The fourth-order valence-corrected chi connectivity index (χ4v) is 2.11. The van der Waals surface area contributed by atoms with Crippen LogP contribution in [0.15, 0.2) is 55.1 Å². The Kier molecular flexibility index (Phi) is 5.55. The number of nitrogen functional groups attached to an aromatic ring is 1. The van der Waals surface area contributed by atoms with Crippen LogP contribution >= 0.6 is 0 Å². The highest BCUT2D eigenvalue weighted by Gasteiger charge is 2.13. The zero-order valence-corrected chi connectivity index (χ0v) is 14.3. The van der Waals surface area contributed by atoms with Crippen molar-refractivity contribution < 1.29 is 14.0 Å². The highest BCUT2D eigenvalue weighted by atomic mass is 19.1. The van der Waals surface area contributed by atoms with Gasteiger partial charge in [0.05, 0.1) is 5.56 Å². The van der Waals surface area contributed by atoms with Gasteiger partial charge in [-0.2, -0.15) is 0 Å². The van der Waals surface area contributed by atoms with Crippen molar-refractivity contribution in [3.63, 3.8) is 0 Å². The van der Waals surface area contributed by atoms with Gasteiger partial charge in [0.1, 0.15) is 17.8 Å². The third-order valence-electron chi connectivity index (χ3n) is 3.53. The first-order chi connectivity index (χ1) is 13.6. The lowest BCUT2D eigenvalue weighted by Crippen LogP contribution is -2.32. The SMILES string of the molecule is Nc1c(NNC(=O)c2ccncc2)ncnc1NNC(=O)c1ccccc1F. The van der Waals surface area contributed by atoms with Crippen LogP contribution in [0.5, 0.6) is 0 Å². The van der Waals surface area contributed by atoms with Crippen LogP contribution in [-0.2, 0) is 0 Å². The Bertz CT molecular complexity index is 999. The molecule has 0 aliphatic heterocycles. The van der Waals surface area contributed by atoms with Gasteiger partial charge in [0, 0.05) is 18.0 Å². The quantitative estimate of drug-likeness (QED) is 0.398. The van der Waals surface area contributed by atoms with Gasteiger partial charge in [-0.3, -0.25) is 36.3 Å². The number of halogens is 1. The van der Waals surface area contributed by atoms with E-state index in [0.717, 1.165) is 6.33 Å². The van der Waals surface area contributed by atoms with Gasteiger partial charge in [-0.25, -0.2) is 14.4 Å². The lowest BCUT2D eigenvalue weighted by molar-refractivity contribution is 0.0952. The molecular formula is C17H15FN8O2. The van der Waals surface area contributed by atoms with Crippen LogP contribution in [0, 0.1) is 5.82 Å². The number of pyridine rings is 1. The topological polar surface area (TPSA) is 147 Å². The average Bonchev–Trinajstić information content (AvgIpc) is 2.72. The number of hydrazine groups is 2. The Hall–Kier alpha value is -4.28. The van der Waals surface area contributed by atoms with Crippen LogP contribution in [-0.4, -0.2) is 26.8 Å². The van der Waals surface area contributed by atoms with Crippen LogP contribution in [0.25, 0.3) is 0 Å². The van der Waals surface area contributed by atoms with E-state index >= 15 is 0 Å². The summed E-state index contributed by atoms with van der Waals surface area (Å²) in [7, 11) is 0. The number of hydrogen-bond donors (Lipinski definition) is 5. The minimum absolute atomic E-state index is 0.0198. The molecule has 3 rings (SSSR count). The highest BCUT2D eigenvalue weighted by molar-refractivity contribution is 5.96. The van der Waals surface area contributed by atoms with E-state index in [1.165, 1.54) is 48.8 Å². The van der Waals surface area contributed by atoms with Gasteiger partial charge in [0.2, 0.25) is 0 Å². The third kappa shape index (κ3) is 4.27. The summed E-state index contributed by atoms with van der Waals surface area (Å²) in [6, 6.07) is 8.57. The maximum absolute atomic E-state index is 13.6. The molecule has 0 bridgehead atoms. The van der Waals surface area contributed by atoms with Crippen LogP contribution in [0.1, 0.15) is 20.7 Å². The number of carbonyl (C=O) groups excluding carboxylic acids is 2.